The summed E-state index contributed by atoms with van der Waals surface area (Å²) in [5.41, 5.74) is 0. The minimum Gasteiger partial charge on any atom is -0.377 e. The first-order valence-electron chi connectivity index (χ1n) is 8.71. The van der Waals surface area contributed by atoms with Crippen molar-refractivity contribution in [3.63, 3.8) is 0 Å². The van der Waals surface area contributed by atoms with Crippen molar-refractivity contribution in [3.8, 4) is 0 Å². The molecule has 0 aromatic carbocycles. The molecule has 2 amide bonds. The molecule has 0 unspecified atom stereocenters. The first-order valence-corrected chi connectivity index (χ1v) is 8.71. The number of carbonyl (C=O) groups excluding carboxylic acids is 2. The van der Waals surface area contributed by atoms with Crippen molar-refractivity contribution in [2.24, 2.45) is 0 Å². The minimum atomic E-state index is -0.177. The smallest absolute Gasteiger partial charge is 0.248 e. The molecule has 2 rings (SSSR count). The van der Waals surface area contributed by atoms with Gasteiger partial charge < -0.3 is 33.5 Å². The third kappa shape index (κ3) is 8.10. The summed E-state index contributed by atoms with van der Waals surface area (Å²) in [6, 6.07) is 0. The molecule has 0 spiro atoms. The maximum absolute atomic E-state index is 12.3. The van der Waals surface area contributed by atoms with Crippen LogP contribution in [0.15, 0.2) is 0 Å². The summed E-state index contributed by atoms with van der Waals surface area (Å²) in [6.07, 6.45) is 0. The average Bonchev–Trinajstić information content (AvgIpc) is 2.61. The lowest BCUT2D eigenvalue weighted by Crippen LogP contribution is -2.41. The second kappa shape index (κ2) is 12.2. The average molecular weight is 360 g/mol. The Hall–Kier alpha value is -1.26. The van der Waals surface area contributed by atoms with E-state index < -0.39 is 0 Å². The van der Waals surface area contributed by atoms with Crippen LogP contribution >= 0.6 is 0 Å². The topological polar surface area (TPSA) is 86.8 Å². The van der Waals surface area contributed by atoms with Crippen molar-refractivity contribution in [1.29, 1.82) is 0 Å². The number of ether oxygens (including phenoxy) is 5. The van der Waals surface area contributed by atoms with Crippen LogP contribution in [-0.4, -0.2) is 114 Å². The fourth-order valence-corrected chi connectivity index (χ4v) is 2.47. The molecule has 2 saturated heterocycles. The van der Waals surface area contributed by atoms with Crippen molar-refractivity contribution >= 4 is 11.8 Å². The largest absolute Gasteiger partial charge is 0.377 e. The van der Waals surface area contributed by atoms with Gasteiger partial charge in [0.25, 0.3) is 0 Å². The van der Waals surface area contributed by atoms with E-state index in [0.29, 0.717) is 79.0 Å². The predicted octanol–water partition coefficient (Wildman–Crippen LogP) is -1.25. The normalized spacial score (nSPS) is 24.2. The van der Waals surface area contributed by atoms with Crippen LogP contribution in [0.3, 0.4) is 0 Å². The Morgan fingerprint density at radius 1 is 0.480 bits per heavy atom. The summed E-state index contributed by atoms with van der Waals surface area (Å²) in [5.74, 6) is -0.354. The summed E-state index contributed by atoms with van der Waals surface area (Å²) >= 11 is 0. The summed E-state index contributed by atoms with van der Waals surface area (Å²) in [4.78, 5) is 27.9. The van der Waals surface area contributed by atoms with E-state index in [0.717, 1.165) is 0 Å². The first-order chi connectivity index (χ1) is 12.3. The van der Waals surface area contributed by atoms with Gasteiger partial charge in [0.15, 0.2) is 0 Å². The fourth-order valence-electron chi connectivity index (χ4n) is 2.47. The van der Waals surface area contributed by atoms with Gasteiger partial charge in [-0.05, 0) is 0 Å². The second-order valence-corrected chi connectivity index (χ2v) is 5.70. The van der Waals surface area contributed by atoms with Gasteiger partial charge in [-0.2, -0.15) is 0 Å². The lowest BCUT2D eigenvalue weighted by atomic mass is 10.4. The SMILES string of the molecule is O=C1COCC(=O)N2CCOCCOCCN1CCOCCOCC2. The van der Waals surface area contributed by atoms with Crippen LogP contribution in [0.5, 0.6) is 0 Å². The quantitative estimate of drug-likeness (QED) is 0.499. The maximum atomic E-state index is 12.3. The molecule has 0 aliphatic carbocycles. The zero-order valence-electron chi connectivity index (χ0n) is 14.7. The lowest BCUT2D eigenvalue weighted by molar-refractivity contribution is -0.143. The monoisotopic (exact) mass is 360 g/mol. The number of hydrogen-bond donors (Lipinski definition) is 0. The van der Waals surface area contributed by atoms with E-state index in [1.165, 1.54) is 0 Å². The predicted molar refractivity (Wildman–Crippen MR) is 87.3 cm³/mol. The zero-order chi connectivity index (χ0) is 17.7. The highest BCUT2D eigenvalue weighted by molar-refractivity contribution is 5.79. The van der Waals surface area contributed by atoms with Crippen molar-refractivity contribution in [1.82, 2.24) is 9.80 Å². The highest BCUT2D eigenvalue weighted by atomic mass is 16.5. The van der Waals surface area contributed by atoms with Crippen molar-refractivity contribution in [2.75, 3.05) is 92.2 Å². The van der Waals surface area contributed by atoms with Gasteiger partial charge in [-0.3, -0.25) is 9.59 Å². The molecular weight excluding hydrogens is 332 g/mol. The molecule has 2 aliphatic rings. The number of carbonyl (C=O) groups is 2. The molecule has 0 saturated carbocycles. The van der Waals surface area contributed by atoms with Gasteiger partial charge in [0, 0.05) is 26.2 Å². The van der Waals surface area contributed by atoms with Crippen LogP contribution in [0, 0.1) is 0 Å². The van der Waals surface area contributed by atoms with Crippen molar-refractivity contribution in [3.05, 3.63) is 0 Å². The van der Waals surface area contributed by atoms with E-state index in [4.69, 9.17) is 23.7 Å². The van der Waals surface area contributed by atoms with Gasteiger partial charge in [0.05, 0.1) is 52.9 Å². The van der Waals surface area contributed by atoms with Crippen LogP contribution in [-0.2, 0) is 33.3 Å². The van der Waals surface area contributed by atoms with E-state index in [-0.39, 0.29) is 25.0 Å². The van der Waals surface area contributed by atoms with Crippen LogP contribution in [0.1, 0.15) is 0 Å². The number of amides is 2. The molecule has 144 valence electrons. The fraction of sp³-hybridized carbons (Fsp3) is 0.875. The third-order valence-corrected chi connectivity index (χ3v) is 3.92. The Morgan fingerprint density at radius 2 is 0.800 bits per heavy atom. The van der Waals surface area contributed by atoms with Crippen LogP contribution in [0.2, 0.25) is 0 Å². The standard InChI is InChI=1S/C16H28N2O7/c19-15-13-25-14-16(20)18-3-7-23-10-9-21-5-1-17(15)2-6-22-11-12-24-8-4-18/h1-14H2. The van der Waals surface area contributed by atoms with E-state index in [1.807, 2.05) is 0 Å². The second-order valence-electron chi connectivity index (χ2n) is 5.70. The summed E-state index contributed by atoms with van der Waals surface area (Å²) < 4.78 is 27.3. The Bertz CT molecular complexity index is 352. The molecule has 0 aromatic rings. The molecule has 2 aliphatic heterocycles. The van der Waals surface area contributed by atoms with Crippen LogP contribution < -0.4 is 0 Å². The Morgan fingerprint density at radius 3 is 1.12 bits per heavy atom. The molecule has 0 radical (unpaired) electrons. The molecular formula is C16H28N2O7. The minimum absolute atomic E-state index is 0.132. The molecule has 25 heavy (non-hydrogen) atoms. The maximum Gasteiger partial charge on any atom is 0.248 e. The van der Waals surface area contributed by atoms with Crippen molar-refractivity contribution < 1.29 is 33.3 Å². The number of fused-ring (bicyclic) bond motifs is 6. The Labute approximate surface area is 148 Å². The van der Waals surface area contributed by atoms with Gasteiger partial charge in [-0.1, -0.05) is 0 Å². The third-order valence-electron chi connectivity index (χ3n) is 3.92. The van der Waals surface area contributed by atoms with Crippen LogP contribution in [0.25, 0.3) is 0 Å². The van der Waals surface area contributed by atoms with Crippen LogP contribution in [0.4, 0.5) is 0 Å². The van der Waals surface area contributed by atoms with Gasteiger partial charge in [-0.25, -0.2) is 0 Å². The Balaban J connectivity index is 2.03. The summed E-state index contributed by atoms with van der Waals surface area (Å²) in [6.45, 7) is 5.00. The molecule has 2 bridgehead atoms. The van der Waals surface area contributed by atoms with E-state index in [9.17, 15) is 9.59 Å². The highest BCUT2D eigenvalue weighted by Gasteiger charge is 2.18. The lowest BCUT2D eigenvalue weighted by Gasteiger charge is -2.23. The molecule has 0 atom stereocenters. The summed E-state index contributed by atoms with van der Waals surface area (Å²) in [7, 11) is 0. The van der Waals surface area contributed by atoms with Gasteiger partial charge in [0.1, 0.15) is 13.2 Å². The molecule has 0 N–H and O–H groups in total. The molecule has 9 nitrogen and oxygen atoms in total. The van der Waals surface area contributed by atoms with E-state index >= 15 is 0 Å². The number of rotatable bonds is 0. The van der Waals surface area contributed by atoms with Gasteiger partial charge in [0.2, 0.25) is 11.8 Å². The van der Waals surface area contributed by atoms with Crippen molar-refractivity contribution in [2.45, 2.75) is 0 Å². The summed E-state index contributed by atoms with van der Waals surface area (Å²) in [5, 5.41) is 0. The van der Waals surface area contributed by atoms with E-state index in [1.54, 1.807) is 9.80 Å². The van der Waals surface area contributed by atoms with Gasteiger partial charge >= 0.3 is 0 Å². The van der Waals surface area contributed by atoms with Gasteiger partial charge in [-0.15, -0.1) is 0 Å². The number of hydrogen-bond acceptors (Lipinski definition) is 7. The highest BCUT2D eigenvalue weighted by Crippen LogP contribution is 1.98. The molecule has 0 aromatic heterocycles. The zero-order valence-corrected chi connectivity index (χ0v) is 14.7. The molecule has 2 fully saturated rings. The molecule has 2 heterocycles. The Kier molecular flexibility index (Phi) is 9.75. The van der Waals surface area contributed by atoms with E-state index in [2.05, 4.69) is 0 Å². The molecule has 9 heteroatoms. The first kappa shape index (κ1) is 20.1. The number of nitrogens with zero attached hydrogens (tertiary/aromatic N) is 2.